The molecule has 8 aliphatic rings. The molecular weight excluding hydrogens is 759 g/mol. The van der Waals surface area contributed by atoms with E-state index in [0.717, 1.165) is 124 Å². The molecule has 1 aromatic heterocycles. The summed E-state index contributed by atoms with van der Waals surface area (Å²) in [4.78, 5) is 72.4. The molecule has 13 nitrogen and oxygen atoms in total. The Kier molecular flexibility index (Phi) is 9.20. The molecule has 3 aliphatic carbocycles. The van der Waals surface area contributed by atoms with Gasteiger partial charge in [-0.3, -0.25) is 38.9 Å². The summed E-state index contributed by atoms with van der Waals surface area (Å²) in [5.41, 5.74) is 6.38. The van der Waals surface area contributed by atoms with Crippen molar-refractivity contribution in [2.75, 3.05) is 36.0 Å². The zero-order valence-corrected chi connectivity index (χ0v) is 34.6. The highest BCUT2D eigenvalue weighted by molar-refractivity contribution is 6.23. The quantitative estimate of drug-likeness (QED) is 0.270. The topological polar surface area (TPSA) is 137 Å². The van der Waals surface area contributed by atoms with Gasteiger partial charge in [0.1, 0.15) is 11.8 Å². The van der Waals surface area contributed by atoms with Crippen molar-refractivity contribution in [1.82, 2.24) is 24.9 Å². The molecule has 3 saturated carbocycles. The van der Waals surface area contributed by atoms with Crippen molar-refractivity contribution in [1.29, 1.82) is 0 Å². The van der Waals surface area contributed by atoms with Gasteiger partial charge in [-0.25, -0.2) is 0 Å². The number of anilines is 2. The molecule has 1 spiro atoms. The number of fused-ring (bicyclic) bond motifs is 2. The number of likely N-dealkylation sites (tertiary alicyclic amines) is 1. The molecule has 6 heterocycles. The van der Waals surface area contributed by atoms with E-state index in [1.54, 1.807) is 6.07 Å². The van der Waals surface area contributed by atoms with Crippen molar-refractivity contribution < 1.29 is 28.7 Å². The molecule has 0 bridgehead atoms. The number of carbonyl (C=O) groups excluding carboxylic acids is 5. The SMILES string of the molecule is C[C@H]1CCc2c(ccc(-c3cnn(C4CCN(C5CC6(CCN(c7ccc8c(c7)C(=O)N(C7CCC(=O)NC7=O)C8=O)CC6)C5)CC4)c3)c2OC2CCC2)N1C(=O)C1CC1. The average molecular weight is 814 g/mol. The summed E-state index contributed by atoms with van der Waals surface area (Å²) >= 11 is 0. The summed E-state index contributed by atoms with van der Waals surface area (Å²) in [5, 5.41) is 7.21. The predicted molar refractivity (Wildman–Crippen MR) is 224 cm³/mol. The number of aromatic nitrogens is 2. The van der Waals surface area contributed by atoms with E-state index in [1.165, 1.54) is 24.8 Å². The van der Waals surface area contributed by atoms with E-state index in [9.17, 15) is 24.0 Å². The minimum Gasteiger partial charge on any atom is -0.489 e. The van der Waals surface area contributed by atoms with Crippen molar-refractivity contribution in [3.05, 3.63) is 59.4 Å². The number of ether oxygens (including phenoxy) is 1. The number of nitrogens with one attached hydrogen (secondary N) is 1. The molecule has 2 aromatic carbocycles. The number of nitrogens with zero attached hydrogens (tertiary/aromatic N) is 6. The first-order chi connectivity index (χ1) is 29.1. The maximum Gasteiger partial charge on any atom is 0.262 e. The van der Waals surface area contributed by atoms with Crippen molar-refractivity contribution in [2.45, 2.75) is 134 Å². The molecule has 3 aromatic rings. The number of benzene rings is 2. The zero-order chi connectivity index (χ0) is 40.9. The van der Waals surface area contributed by atoms with Crippen LogP contribution < -0.4 is 19.9 Å². The smallest absolute Gasteiger partial charge is 0.262 e. The van der Waals surface area contributed by atoms with Gasteiger partial charge in [0, 0.05) is 79.2 Å². The lowest BCUT2D eigenvalue weighted by Crippen LogP contribution is -2.56. The first-order valence-corrected chi connectivity index (χ1v) is 22.7. The second kappa shape index (κ2) is 14.6. The van der Waals surface area contributed by atoms with Crippen LogP contribution in [0.2, 0.25) is 0 Å². The fraction of sp³-hybridized carbons (Fsp3) is 0.574. The molecule has 6 fully saturated rings. The summed E-state index contributed by atoms with van der Waals surface area (Å²) in [6.45, 7) is 6.14. The highest BCUT2D eigenvalue weighted by atomic mass is 16.5. The molecule has 11 rings (SSSR count). The monoisotopic (exact) mass is 813 g/mol. The predicted octanol–water partition coefficient (Wildman–Crippen LogP) is 6.05. The summed E-state index contributed by atoms with van der Waals surface area (Å²) in [6, 6.07) is 10.0. The van der Waals surface area contributed by atoms with E-state index < -0.39 is 23.8 Å². The van der Waals surface area contributed by atoms with Gasteiger partial charge in [0.05, 0.1) is 35.2 Å². The highest BCUT2D eigenvalue weighted by Crippen LogP contribution is 2.52. The molecule has 314 valence electrons. The van der Waals surface area contributed by atoms with Crippen LogP contribution in [-0.2, 0) is 20.8 Å². The second-order valence-electron chi connectivity index (χ2n) is 19.2. The molecule has 0 radical (unpaired) electrons. The van der Waals surface area contributed by atoms with Crippen LogP contribution in [0.1, 0.15) is 129 Å². The Bertz CT molecular complexity index is 2270. The van der Waals surface area contributed by atoms with Crippen LogP contribution >= 0.6 is 0 Å². The average Bonchev–Trinajstić information content (AvgIpc) is 3.92. The number of piperidine rings is 3. The molecule has 1 unspecified atom stereocenters. The van der Waals surface area contributed by atoms with Crippen molar-refractivity contribution in [3.8, 4) is 16.9 Å². The molecule has 3 saturated heterocycles. The standard InChI is InChI=1S/C47H55N7O6/c1-28-5-9-37-39(53(28)44(57)29-6-7-29)12-11-35(42(37)60-34-3-2-4-34)30-26-48-52(27-30)31-15-19-50(20-16-31)33-24-47(25-33)17-21-51(22-18-47)32-8-10-36-38(23-32)46(59)54(45(36)58)40-13-14-41(55)49-43(40)56/h8,10-12,23,26-29,31,33-34,40H,2-7,9,13-22,24-25H2,1H3,(H,49,55,56)/t28-,40?/m0/s1. The van der Waals surface area contributed by atoms with E-state index in [1.807, 2.05) is 18.3 Å². The third kappa shape index (κ3) is 6.44. The maximum absolute atomic E-state index is 13.4. The summed E-state index contributed by atoms with van der Waals surface area (Å²) in [6.07, 6.45) is 18.8. The molecule has 60 heavy (non-hydrogen) atoms. The van der Waals surface area contributed by atoms with Crippen LogP contribution in [0.5, 0.6) is 5.75 Å². The van der Waals surface area contributed by atoms with Crippen LogP contribution in [0.25, 0.3) is 11.1 Å². The number of amides is 5. The van der Waals surface area contributed by atoms with Gasteiger partial charge in [0.15, 0.2) is 0 Å². The first-order valence-electron chi connectivity index (χ1n) is 22.7. The van der Waals surface area contributed by atoms with Gasteiger partial charge in [-0.15, -0.1) is 0 Å². The third-order valence-corrected chi connectivity index (χ3v) is 15.5. The number of hydrogen-bond donors (Lipinski definition) is 1. The van der Waals surface area contributed by atoms with Crippen LogP contribution in [-0.4, -0.2) is 99.5 Å². The van der Waals surface area contributed by atoms with Crippen LogP contribution in [0.4, 0.5) is 11.4 Å². The zero-order valence-electron chi connectivity index (χ0n) is 34.6. The molecule has 2 atom stereocenters. The lowest BCUT2D eigenvalue weighted by atomic mass is 9.59. The fourth-order valence-electron chi connectivity index (χ4n) is 11.4. The van der Waals surface area contributed by atoms with E-state index in [4.69, 9.17) is 9.84 Å². The Labute approximate surface area is 350 Å². The normalized spacial score (nSPS) is 26.2. The van der Waals surface area contributed by atoms with Crippen molar-refractivity contribution in [3.63, 3.8) is 0 Å². The van der Waals surface area contributed by atoms with Gasteiger partial charge in [-0.1, -0.05) is 0 Å². The van der Waals surface area contributed by atoms with Gasteiger partial charge in [0.25, 0.3) is 11.8 Å². The largest absolute Gasteiger partial charge is 0.489 e. The Hall–Kier alpha value is -5.04. The number of rotatable bonds is 8. The van der Waals surface area contributed by atoms with E-state index in [0.29, 0.717) is 28.6 Å². The molecule has 5 aliphatic heterocycles. The molecule has 13 heteroatoms. The van der Waals surface area contributed by atoms with Gasteiger partial charge >= 0.3 is 0 Å². The highest BCUT2D eigenvalue weighted by Gasteiger charge is 2.49. The van der Waals surface area contributed by atoms with E-state index in [-0.39, 0.29) is 42.7 Å². The van der Waals surface area contributed by atoms with Crippen LogP contribution in [0, 0.1) is 11.3 Å². The second-order valence-corrected chi connectivity index (χ2v) is 19.2. The van der Waals surface area contributed by atoms with E-state index in [2.05, 4.69) is 50.0 Å². The van der Waals surface area contributed by atoms with Gasteiger partial charge in [0.2, 0.25) is 17.7 Å². The van der Waals surface area contributed by atoms with Gasteiger partial charge in [-0.2, -0.15) is 5.10 Å². The fourth-order valence-corrected chi connectivity index (χ4v) is 11.4. The minimum absolute atomic E-state index is 0.106. The number of hydrogen-bond acceptors (Lipinski definition) is 9. The van der Waals surface area contributed by atoms with Crippen molar-refractivity contribution >= 4 is 40.9 Å². The van der Waals surface area contributed by atoms with Crippen molar-refractivity contribution in [2.24, 2.45) is 11.3 Å². The molecular formula is C47H55N7O6. The van der Waals surface area contributed by atoms with Crippen LogP contribution in [0.3, 0.4) is 0 Å². The Morgan fingerprint density at radius 1 is 0.817 bits per heavy atom. The molecule has 5 amide bonds. The minimum atomic E-state index is -0.956. The summed E-state index contributed by atoms with van der Waals surface area (Å²) < 4.78 is 8.98. The lowest BCUT2D eigenvalue weighted by molar-refractivity contribution is -0.136. The lowest BCUT2D eigenvalue weighted by Gasteiger charge is -2.56. The maximum atomic E-state index is 13.4. The number of carbonyl (C=O) groups is 5. The Morgan fingerprint density at radius 2 is 1.57 bits per heavy atom. The van der Waals surface area contributed by atoms with Crippen LogP contribution in [0.15, 0.2) is 42.7 Å². The summed E-state index contributed by atoms with van der Waals surface area (Å²) in [5.74, 6) is -0.464. The van der Waals surface area contributed by atoms with Gasteiger partial charge in [-0.05, 0) is 133 Å². The van der Waals surface area contributed by atoms with E-state index >= 15 is 0 Å². The Morgan fingerprint density at radius 3 is 2.28 bits per heavy atom. The van der Waals surface area contributed by atoms with Gasteiger partial charge < -0.3 is 19.4 Å². The Balaban J connectivity index is 0.701. The first kappa shape index (κ1) is 37.9. The summed E-state index contributed by atoms with van der Waals surface area (Å²) in [7, 11) is 0. The number of imide groups is 2. The third-order valence-electron chi connectivity index (χ3n) is 15.5. The molecule has 1 N–H and O–H groups in total.